The molecule has 0 aliphatic carbocycles. The maximum Gasteiger partial charge on any atom is 0.331 e. The molecule has 0 fully saturated rings. The van der Waals surface area contributed by atoms with Gasteiger partial charge in [-0.05, 0) is 12.8 Å². The third-order valence-electron chi connectivity index (χ3n) is 3.38. The van der Waals surface area contributed by atoms with Crippen molar-refractivity contribution in [3.05, 3.63) is 12.2 Å². The van der Waals surface area contributed by atoms with Crippen LogP contribution in [0.4, 0.5) is 0 Å². The molecule has 0 amide bonds. The highest BCUT2D eigenvalue weighted by molar-refractivity contribution is 5.90. The molecule has 0 aliphatic rings. The number of ether oxygens (including phenoxy) is 1. The van der Waals surface area contributed by atoms with Crippen LogP contribution < -0.4 is 0 Å². The van der Waals surface area contributed by atoms with Crippen molar-refractivity contribution < 1.29 is 24.2 Å². The van der Waals surface area contributed by atoms with Crippen LogP contribution in [0, 0.1) is 0 Å². The number of carbonyl (C=O) groups is 3. The van der Waals surface area contributed by atoms with Gasteiger partial charge in [0.05, 0.1) is 0 Å². The summed E-state index contributed by atoms with van der Waals surface area (Å²) in [5.41, 5.74) is 0. The molecule has 0 bridgehead atoms. The van der Waals surface area contributed by atoms with E-state index in [2.05, 4.69) is 6.92 Å². The SMILES string of the molecule is CCCCCCCCCCC(CC=O)OC(=O)C=CC(=O)O. The van der Waals surface area contributed by atoms with Crippen molar-refractivity contribution in [2.24, 2.45) is 0 Å². The lowest BCUT2D eigenvalue weighted by molar-refractivity contribution is -0.144. The van der Waals surface area contributed by atoms with Crippen LogP contribution in [-0.2, 0) is 19.1 Å². The van der Waals surface area contributed by atoms with Crippen molar-refractivity contribution in [2.75, 3.05) is 0 Å². The second-order valence-electron chi connectivity index (χ2n) is 5.40. The van der Waals surface area contributed by atoms with Crippen LogP contribution >= 0.6 is 0 Å². The first-order valence-electron chi connectivity index (χ1n) is 8.15. The van der Waals surface area contributed by atoms with Gasteiger partial charge in [0.25, 0.3) is 0 Å². The van der Waals surface area contributed by atoms with Gasteiger partial charge in [-0.15, -0.1) is 0 Å². The molecule has 1 atom stereocenters. The van der Waals surface area contributed by atoms with E-state index in [0.29, 0.717) is 6.42 Å². The number of esters is 1. The van der Waals surface area contributed by atoms with Crippen LogP contribution in [0.15, 0.2) is 12.2 Å². The number of carboxylic acid groups (broad SMARTS) is 1. The molecular weight excluding hydrogens is 284 g/mol. The fourth-order valence-electron chi connectivity index (χ4n) is 2.18. The fourth-order valence-corrected chi connectivity index (χ4v) is 2.18. The summed E-state index contributed by atoms with van der Waals surface area (Å²) in [6, 6.07) is 0. The van der Waals surface area contributed by atoms with E-state index >= 15 is 0 Å². The molecule has 0 saturated heterocycles. The zero-order chi connectivity index (χ0) is 16.6. The highest BCUT2D eigenvalue weighted by Crippen LogP contribution is 2.13. The first kappa shape index (κ1) is 20.3. The molecule has 0 aromatic rings. The lowest BCUT2D eigenvalue weighted by Gasteiger charge is -2.14. The molecule has 5 heteroatoms. The molecule has 0 heterocycles. The summed E-state index contributed by atoms with van der Waals surface area (Å²) in [6.07, 6.45) is 12.1. The first-order valence-corrected chi connectivity index (χ1v) is 8.15. The van der Waals surface area contributed by atoms with Crippen molar-refractivity contribution in [1.82, 2.24) is 0 Å². The summed E-state index contributed by atoms with van der Waals surface area (Å²) in [5, 5.41) is 8.43. The summed E-state index contributed by atoms with van der Waals surface area (Å²) >= 11 is 0. The van der Waals surface area contributed by atoms with Crippen molar-refractivity contribution in [2.45, 2.75) is 77.2 Å². The third kappa shape index (κ3) is 13.3. The van der Waals surface area contributed by atoms with Gasteiger partial charge in [0.2, 0.25) is 0 Å². The number of hydrogen-bond acceptors (Lipinski definition) is 4. The lowest BCUT2D eigenvalue weighted by atomic mass is 10.0. The molecule has 1 N–H and O–H groups in total. The number of unbranched alkanes of at least 4 members (excludes halogenated alkanes) is 7. The molecule has 0 aliphatic heterocycles. The fraction of sp³-hybridized carbons (Fsp3) is 0.706. The third-order valence-corrected chi connectivity index (χ3v) is 3.38. The molecule has 126 valence electrons. The van der Waals surface area contributed by atoms with E-state index in [1.54, 1.807) is 0 Å². The summed E-state index contributed by atoms with van der Waals surface area (Å²) in [7, 11) is 0. The molecule has 0 radical (unpaired) electrons. The average molecular weight is 312 g/mol. The van der Waals surface area contributed by atoms with E-state index in [4.69, 9.17) is 9.84 Å². The molecule has 22 heavy (non-hydrogen) atoms. The maximum absolute atomic E-state index is 11.4. The minimum Gasteiger partial charge on any atom is -0.478 e. The van der Waals surface area contributed by atoms with Gasteiger partial charge in [0.15, 0.2) is 0 Å². The van der Waals surface area contributed by atoms with Crippen LogP contribution in [0.25, 0.3) is 0 Å². The molecule has 0 aromatic carbocycles. The summed E-state index contributed by atoms with van der Waals surface area (Å²) < 4.78 is 5.08. The Hall–Kier alpha value is -1.65. The standard InChI is InChI=1S/C17H28O5/c1-2-3-4-5-6-7-8-9-10-15(13-14-18)22-17(21)12-11-16(19)20/h11-12,14-15H,2-10,13H2,1H3,(H,19,20). The Morgan fingerprint density at radius 2 is 1.59 bits per heavy atom. The summed E-state index contributed by atoms with van der Waals surface area (Å²) in [4.78, 5) is 32.3. The predicted octanol–water partition coefficient (Wildman–Crippen LogP) is 3.66. The van der Waals surface area contributed by atoms with Crippen LogP contribution in [-0.4, -0.2) is 29.4 Å². The van der Waals surface area contributed by atoms with Gasteiger partial charge in [-0.3, -0.25) is 0 Å². The Morgan fingerprint density at radius 3 is 2.14 bits per heavy atom. The van der Waals surface area contributed by atoms with Crippen molar-refractivity contribution in [1.29, 1.82) is 0 Å². The van der Waals surface area contributed by atoms with Crippen LogP contribution in [0.3, 0.4) is 0 Å². The maximum atomic E-state index is 11.4. The molecule has 0 saturated carbocycles. The molecule has 5 nitrogen and oxygen atoms in total. The van der Waals surface area contributed by atoms with Crippen molar-refractivity contribution in [3.63, 3.8) is 0 Å². The number of rotatable bonds is 14. The smallest absolute Gasteiger partial charge is 0.331 e. The van der Waals surface area contributed by atoms with Gasteiger partial charge >= 0.3 is 11.9 Å². The number of carbonyl (C=O) groups excluding carboxylic acids is 2. The molecule has 1 unspecified atom stereocenters. The predicted molar refractivity (Wildman–Crippen MR) is 84.6 cm³/mol. The Kier molecular flexibility index (Phi) is 13.2. The van der Waals surface area contributed by atoms with Gasteiger partial charge in [-0.1, -0.05) is 51.9 Å². The van der Waals surface area contributed by atoms with E-state index in [9.17, 15) is 14.4 Å². The summed E-state index contributed by atoms with van der Waals surface area (Å²) in [6.45, 7) is 2.19. The topological polar surface area (TPSA) is 80.7 Å². The molecule has 0 aromatic heterocycles. The van der Waals surface area contributed by atoms with Crippen LogP contribution in [0.1, 0.15) is 71.1 Å². The van der Waals surface area contributed by atoms with E-state index in [0.717, 1.165) is 37.7 Å². The number of aliphatic carboxylic acids is 1. The molecular formula is C17H28O5. The van der Waals surface area contributed by atoms with E-state index < -0.39 is 18.0 Å². The zero-order valence-corrected chi connectivity index (χ0v) is 13.5. The Labute approximate surface area is 132 Å². The summed E-state index contributed by atoms with van der Waals surface area (Å²) in [5.74, 6) is -1.92. The minimum absolute atomic E-state index is 0.156. The average Bonchev–Trinajstić information content (AvgIpc) is 2.48. The quantitative estimate of drug-likeness (QED) is 0.229. The second kappa shape index (κ2) is 14.3. The monoisotopic (exact) mass is 312 g/mol. The van der Waals surface area contributed by atoms with Crippen LogP contribution in [0.5, 0.6) is 0 Å². The number of hydrogen-bond donors (Lipinski definition) is 1. The van der Waals surface area contributed by atoms with E-state index in [1.165, 1.54) is 32.1 Å². The first-order chi connectivity index (χ1) is 10.6. The van der Waals surface area contributed by atoms with Crippen LogP contribution in [0.2, 0.25) is 0 Å². The largest absolute Gasteiger partial charge is 0.478 e. The molecule has 0 rings (SSSR count). The Balaban J connectivity index is 3.82. The minimum atomic E-state index is -1.20. The molecule has 0 spiro atoms. The van der Waals surface area contributed by atoms with Gasteiger partial charge in [0.1, 0.15) is 12.4 Å². The van der Waals surface area contributed by atoms with Gasteiger partial charge in [-0.2, -0.15) is 0 Å². The van der Waals surface area contributed by atoms with E-state index in [1.807, 2.05) is 0 Å². The van der Waals surface area contributed by atoms with Gasteiger partial charge in [0, 0.05) is 18.6 Å². The Bertz CT molecular complexity index is 349. The van der Waals surface area contributed by atoms with Gasteiger partial charge in [-0.25, -0.2) is 9.59 Å². The number of aldehydes is 1. The normalized spacial score (nSPS) is 12.2. The number of carboxylic acids is 1. The van der Waals surface area contributed by atoms with Gasteiger partial charge < -0.3 is 14.6 Å². The second-order valence-corrected chi connectivity index (χ2v) is 5.40. The highest BCUT2D eigenvalue weighted by atomic mass is 16.5. The van der Waals surface area contributed by atoms with Crippen molar-refractivity contribution in [3.8, 4) is 0 Å². The lowest BCUT2D eigenvalue weighted by Crippen LogP contribution is -2.17. The highest BCUT2D eigenvalue weighted by Gasteiger charge is 2.12. The van der Waals surface area contributed by atoms with E-state index in [-0.39, 0.29) is 6.42 Å². The Morgan fingerprint density at radius 1 is 1.00 bits per heavy atom. The zero-order valence-electron chi connectivity index (χ0n) is 13.5. The van der Waals surface area contributed by atoms with Crippen molar-refractivity contribution >= 4 is 18.2 Å².